The Hall–Kier alpha value is -16.3. The molecular weight excluding hydrogens is 1610 g/mol. The fraction of sp³-hybridized carbons (Fsp3) is 0. The van der Waals surface area contributed by atoms with E-state index in [-0.39, 0.29) is 0 Å². The van der Waals surface area contributed by atoms with Crippen LogP contribution in [0, 0.1) is 0 Å². The minimum atomic E-state index is 0.898. The van der Waals surface area contributed by atoms with Gasteiger partial charge < -0.3 is 28.2 Å². The van der Waals surface area contributed by atoms with Gasteiger partial charge in [-0.25, -0.2) is 0 Å². The minimum absolute atomic E-state index is 0.898. The Bertz CT molecular complexity index is 7990. The molecule has 6 nitrogen and oxygen atoms in total. The van der Waals surface area contributed by atoms with Crippen molar-refractivity contribution in [2.45, 2.75) is 0 Å². The summed E-state index contributed by atoms with van der Waals surface area (Å²) in [7, 11) is 0. The number of hydrogen-bond acceptors (Lipinski definition) is 4. The van der Waals surface area contributed by atoms with E-state index in [0.29, 0.717) is 0 Å². The molecule has 0 aliphatic heterocycles. The molecule has 24 aromatic rings. The van der Waals surface area contributed by atoms with Crippen molar-refractivity contribution in [2.75, 3.05) is 10.2 Å². The molecule has 24 rings (SSSR count). The molecular formula is C120H81BrN4O2. The van der Waals surface area contributed by atoms with Crippen LogP contribution in [-0.2, 0) is 0 Å². The molecule has 20 aromatic carbocycles. The maximum atomic E-state index is 6.25. The first-order valence-corrected chi connectivity index (χ1v) is 43.8. The van der Waals surface area contributed by atoms with Gasteiger partial charge >= 0.3 is 0 Å². The van der Waals surface area contributed by atoms with Crippen LogP contribution in [0.25, 0.3) is 188 Å². The predicted octanol–water partition coefficient (Wildman–Crippen LogP) is 34.4. The van der Waals surface area contributed by atoms with E-state index in [2.05, 4.69) is 484 Å². The monoisotopic (exact) mass is 1690 g/mol. The highest BCUT2D eigenvalue weighted by Crippen LogP contribution is 2.44. The Morgan fingerprint density at radius 2 is 0.449 bits per heavy atom. The van der Waals surface area contributed by atoms with E-state index < -0.39 is 0 Å². The predicted molar refractivity (Wildman–Crippen MR) is 538 cm³/mol. The van der Waals surface area contributed by atoms with Crippen molar-refractivity contribution in [3.8, 4) is 100 Å². The molecule has 0 amide bonds. The summed E-state index contributed by atoms with van der Waals surface area (Å²) in [4.78, 5) is 2.35. The lowest BCUT2D eigenvalue weighted by Gasteiger charge is -2.26. The summed E-state index contributed by atoms with van der Waals surface area (Å²) in [6, 6.07) is 172. The van der Waals surface area contributed by atoms with Gasteiger partial charge in [0.1, 0.15) is 22.3 Å². The number of hydrogen-bond donors (Lipinski definition) is 1. The summed E-state index contributed by atoms with van der Waals surface area (Å²) in [6.07, 6.45) is 0. The molecule has 0 saturated carbocycles. The van der Waals surface area contributed by atoms with Gasteiger partial charge in [-0.1, -0.05) is 356 Å². The first kappa shape index (κ1) is 76.8. The number of nitrogens with one attached hydrogen (secondary N) is 1. The minimum Gasteiger partial charge on any atom is -0.456 e. The highest BCUT2D eigenvalue weighted by atomic mass is 79.9. The first-order chi connectivity index (χ1) is 62.9. The van der Waals surface area contributed by atoms with E-state index in [0.717, 1.165) is 99.2 Å². The third kappa shape index (κ3) is 15.2. The highest BCUT2D eigenvalue weighted by Gasteiger charge is 2.21. The molecule has 0 unspecified atom stereocenters. The first-order valence-electron chi connectivity index (χ1n) is 43.0. The van der Waals surface area contributed by atoms with Crippen LogP contribution >= 0.6 is 15.9 Å². The van der Waals surface area contributed by atoms with Crippen molar-refractivity contribution in [3.63, 3.8) is 0 Å². The number of furan rings is 2. The fourth-order valence-electron chi connectivity index (χ4n) is 18.2. The third-order valence-electron chi connectivity index (χ3n) is 24.4. The van der Waals surface area contributed by atoms with Crippen LogP contribution in [0.4, 0.5) is 28.4 Å². The van der Waals surface area contributed by atoms with Gasteiger partial charge in [0.15, 0.2) is 0 Å². The van der Waals surface area contributed by atoms with E-state index in [1.54, 1.807) is 0 Å². The number of benzene rings is 20. The lowest BCUT2D eigenvalue weighted by Crippen LogP contribution is -2.09. The molecule has 0 aliphatic carbocycles. The standard InChI is InChI=1S/C60H40N2O.C36H25NO.C24H16BrN/c1-2-12-41(13-3-1)42-24-26-43(27-25-42)44-28-34-48(35-29-44)61(50-38-32-46(33-39-50)52-19-11-23-59-60(52)55-18-6-9-22-58(55)63-59)49-36-30-45(31-37-49)47-14-10-15-51(40-47)62-56-20-7-4-16-53(56)54-17-5-8-21-57(54)62;1-2-7-25(8-3-1)26-13-15-27(16-14-26)28-17-21-30(22-18-28)37-31-23-19-29(20-24-31)32-10-6-12-35-36(32)33-9-4-5-11-34(33)38-35;25-19-14-12-17(13-15-19)18-6-5-7-20(16-18)26-23-10-3-1-8-21(23)22-9-2-4-11-24(22)26/h1-40H;1-24,37H;1-16H. The van der Waals surface area contributed by atoms with Crippen molar-refractivity contribution in [2.24, 2.45) is 0 Å². The second-order valence-electron chi connectivity index (χ2n) is 32.0. The second-order valence-corrected chi connectivity index (χ2v) is 33.0. The van der Waals surface area contributed by atoms with Gasteiger partial charge in [-0.2, -0.15) is 0 Å². The number of aromatic nitrogens is 2. The zero-order chi connectivity index (χ0) is 84.5. The van der Waals surface area contributed by atoms with E-state index in [4.69, 9.17) is 8.83 Å². The summed E-state index contributed by atoms with van der Waals surface area (Å²) in [5.41, 5.74) is 35.3. The third-order valence-corrected chi connectivity index (χ3v) is 24.9. The molecule has 4 aromatic heterocycles. The van der Waals surface area contributed by atoms with Crippen LogP contribution in [0.3, 0.4) is 0 Å². The van der Waals surface area contributed by atoms with Crippen LogP contribution in [0.2, 0.25) is 0 Å². The molecule has 0 spiro atoms. The van der Waals surface area contributed by atoms with Crippen molar-refractivity contribution >= 4 is 132 Å². The molecule has 1 N–H and O–H groups in total. The van der Waals surface area contributed by atoms with Gasteiger partial charge in [0, 0.05) is 87.4 Å². The average molecular weight is 1690 g/mol. The molecule has 0 bridgehead atoms. The quantitative estimate of drug-likeness (QED) is 0.111. The number of rotatable bonds is 15. The number of fused-ring (bicyclic) bond motifs is 12. The lowest BCUT2D eigenvalue weighted by molar-refractivity contribution is 0.668. The van der Waals surface area contributed by atoms with Gasteiger partial charge in [0.25, 0.3) is 0 Å². The fourth-order valence-corrected chi connectivity index (χ4v) is 18.4. The molecule has 4 heterocycles. The van der Waals surface area contributed by atoms with Crippen molar-refractivity contribution in [1.82, 2.24) is 9.13 Å². The van der Waals surface area contributed by atoms with Crippen molar-refractivity contribution < 1.29 is 8.83 Å². The average Bonchev–Trinajstić information content (AvgIpc) is 1.58. The van der Waals surface area contributed by atoms with Crippen LogP contribution in [0.5, 0.6) is 0 Å². The van der Waals surface area contributed by atoms with E-state index in [1.165, 1.54) is 122 Å². The molecule has 0 aliphatic rings. The van der Waals surface area contributed by atoms with E-state index in [9.17, 15) is 0 Å². The smallest absolute Gasteiger partial charge is 0.136 e. The Morgan fingerprint density at radius 3 is 0.811 bits per heavy atom. The van der Waals surface area contributed by atoms with Gasteiger partial charge in [-0.3, -0.25) is 0 Å². The Labute approximate surface area is 744 Å². The number of halogens is 1. The largest absolute Gasteiger partial charge is 0.456 e. The molecule has 0 saturated heterocycles. The molecule has 0 fully saturated rings. The zero-order valence-electron chi connectivity index (χ0n) is 69.2. The molecule has 7 heteroatoms. The summed E-state index contributed by atoms with van der Waals surface area (Å²) < 4.78 is 18.2. The summed E-state index contributed by atoms with van der Waals surface area (Å²) >= 11 is 3.51. The second kappa shape index (κ2) is 33.8. The van der Waals surface area contributed by atoms with Crippen LogP contribution in [-0.4, -0.2) is 9.13 Å². The van der Waals surface area contributed by atoms with Crippen molar-refractivity contribution in [3.05, 3.63) is 490 Å². The zero-order valence-corrected chi connectivity index (χ0v) is 70.8. The summed E-state index contributed by atoms with van der Waals surface area (Å²) in [5, 5.41) is 13.2. The number of anilines is 5. The maximum Gasteiger partial charge on any atom is 0.136 e. The lowest BCUT2D eigenvalue weighted by atomic mass is 9.98. The molecule has 0 atom stereocenters. The Morgan fingerprint density at radius 1 is 0.197 bits per heavy atom. The van der Waals surface area contributed by atoms with Gasteiger partial charge in [-0.15, -0.1) is 0 Å². The number of para-hydroxylation sites is 6. The van der Waals surface area contributed by atoms with Gasteiger partial charge in [0.2, 0.25) is 0 Å². The van der Waals surface area contributed by atoms with E-state index >= 15 is 0 Å². The maximum absolute atomic E-state index is 6.25. The summed E-state index contributed by atoms with van der Waals surface area (Å²) in [5.74, 6) is 0. The topological polar surface area (TPSA) is 51.4 Å². The van der Waals surface area contributed by atoms with Crippen LogP contribution in [0.1, 0.15) is 0 Å². The highest BCUT2D eigenvalue weighted by molar-refractivity contribution is 9.10. The molecule has 0 radical (unpaired) electrons. The van der Waals surface area contributed by atoms with E-state index in [1.807, 2.05) is 36.4 Å². The van der Waals surface area contributed by atoms with Gasteiger partial charge in [0.05, 0.1) is 22.1 Å². The van der Waals surface area contributed by atoms with Crippen molar-refractivity contribution in [1.29, 1.82) is 0 Å². The molecule has 127 heavy (non-hydrogen) atoms. The SMILES string of the molecule is Brc1ccc(-c2cccc(-n3c4ccccc4c4ccccc43)c2)cc1.c1ccc(-c2ccc(-c3ccc(N(c4ccc(-c5cccc(-n6c7ccccc7c7ccccc76)c5)cc4)c4ccc(-c5cccc6oc7ccccc7c56)cc4)cc3)cc2)cc1.c1ccc(-c2ccc(-c3ccc(Nc4ccc(-c5cccc6oc7ccccc7c56)cc4)cc3)cc2)cc1. The normalized spacial score (nSPS) is 11.3. The van der Waals surface area contributed by atoms with Gasteiger partial charge in [-0.05, 0) is 235 Å². The Kier molecular flexibility index (Phi) is 20.5. The van der Waals surface area contributed by atoms with Crippen LogP contribution in [0.15, 0.2) is 499 Å². The van der Waals surface area contributed by atoms with Crippen LogP contribution < -0.4 is 10.2 Å². The Balaban J connectivity index is 0.000000125. The number of nitrogens with zero attached hydrogens (tertiary/aromatic N) is 3. The molecule has 600 valence electrons. The summed E-state index contributed by atoms with van der Waals surface area (Å²) in [6.45, 7) is 0.